The molecule has 162 valence electrons. The fraction of sp³-hybridized carbons (Fsp3) is 0.300. The summed E-state index contributed by atoms with van der Waals surface area (Å²) in [5.41, 5.74) is 0.410. The standard InChI is InChI=1S/C20H18ClFN4O5/c21-20-14-11-15(22)17(30-10-7-25-5-8-29-9-6-25)12-16(14)23-18(24-20)3-1-13-2-4-19(31-13)26(27)28/h1-4,11-12H,5-10H2. The van der Waals surface area contributed by atoms with E-state index in [1.165, 1.54) is 36.4 Å². The van der Waals surface area contributed by atoms with Crippen LogP contribution in [0.15, 0.2) is 28.7 Å². The average molecular weight is 449 g/mol. The van der Waals surface area contributed by atoms with Gasteiger partial charge >= 0.3 is 5.88 Å². The number of morpholine rings is 1. The molecule has 1 aromatic carbocycles. The maximum absolute atomic E-state index is 14.4. The Hall–Kier alpha value is -3.08. The number of hydrogen-bond donors (Lipinski definition) is 0. The SMILES string of the molecule is O=[N+]([O-])c1ccc(C=Cc2nc(Cl)c3cc(F)c(OCCN4CCOCC4)cc3n2)o1. The highest BCUT2D eigenvalue weighted by Gasteiger charge is 2.14. The molecular formula is C20H18ClFN4O5. The van der Waals surface area contributed by atoms with Crippen molar-refractivity contribution < 1.29 is 23.2 Å². The second-order valence-electron chi connectivity index (χ2n) is 6.74. The lowest BCUT2D eigenvalue weighted by atomic mass is 10.2. The minimum Gasteiger partial charge on any atom is -0.489 e. The molecule has 4 rings (SSSR count). The maximum Gasteiger partial charge on any atom is 0.433 e. The molecule has 0 spiro atoms. The quantitative estimate of drug-likeness (QED) is 0.305. The zero-order chi connectivity index (χ0) is 21.8. The smallest absolute Gasteiger partial charge is 0.433 e. The van der Waals surface area contributed by atoms with Gasteiger partial charge in [-0.1, -0.05) is 11.6 Å². The van der Waals surface area contributed by atoms with Crippen molar-refractivity contribution in [3.63, 3.8) is 0 Å². The summed E-state index contributed by atoms with van der Waals surface area (Å²) in [5, 5.41) is 11.1. The van der Waals surface area contributed by atoms with E-state index in [-0.39, 0.29) is 28.4 Å². The predicted octanol–water partition coefficient (Wildman–Crippen LogP) is 3.80. The third-order valence-corrected chi connectivity index (χ3v) is 4.97. The van der Waals surface area contributed by atoms with Gasteiger partial charge in [0, 0.05) is 31.1 Å². The molecule has 0 bridgehead atoms. The number of hydrogen-bond acceptors (Lipinski definition) is 8. The summed E-state index contributed by atoms with van der Waals surface area (Å²) in [6.45, 7) is 3.99. The summed E-state index contributed by atoms with van der Waals surface area (Å²) >= 11 is 6.20. The van der Waals surface area contributed by atoms with Crippen molar-refractivity contribution >= 4 is 40.5 Å². The van der Waals surface area contributed by atoms with Gasteiger partial charge < -0.3 is 13.9 Å². The van der Waals surface area contributed by atoms with Crippen LogP contribution in [-0.4, -0.2) is 59.2 Å². The van der Waals surface area contributed by atoms with Crippen LogP contribution in [0.1, 0.15) is 11.6 Å². The predicted molar refractivity (Wildman–Crippen MR) is 112 cm³/mol. The van der Waals surface area contributed by atoms with Crippen LogP contribution in [0.5, 0.6) is 5.75 Å². The van der Waals surface area contributed by atoms with Gasteiger partial charge in [0.25, 0.3) is 0 Å². The van der Waals surface area contributed by atoms with E-state index in [1.807, 2.05) is 0 Å². The van der Waals surface area contributed by atoms with Crippen LogP contribution in [0, 0.1) is 15.9 Å². The van der Waals surface area contributed by atoms with Crippen LogP contribution < -0.4 is 4.74 Å². The van der Waals surface area contributed by atoms with Gasteiger partial charge in [-0.3, -0.25) is 15.0 Å². The molecule has 0 amide bonds. The average Bonchev–Trinajstić information content (AvgIpc) is 3.24. The van der Waals surface area contributed by atoms with Gasteiger partial charge in [0.15, 0.2) is 17.4 Å². The van der Waals surface area contributed by atoms with Gasteiger partial charge in [0.2, 0.25) is 0 Å². The number of aromatic nitrogens is 2. The molecule has 0 unspecified atom stereocenters. The Balaban J connectivity index is 1.51. The molecule has 0 N–H and O–H groups in total. The molecule has 11 heteroatoms. The van der Waals surface area contributed by atoms with Crippen LogP contribution in [0.25, 0.3) is 23.1 Å². The van der Waals surface area contributed by atoms with E-state index < -0.39 is 10.7 Å². The molecule has 0 aliphatic carbocycles. The van der Waals surface area contributed by atoms with E-state index >= 15 is 0 Å². The van der Waals surface area contributed by atoms with Gasteiger partial charge in [0.1, 0.15) is 22.4 Å². The summed E-state index contributed by atoms with van der Waals surface area (Å²) in [6, 6.07) is 5.42. The van der Waals surface area contributed by atoms with Crippen molar-refractivity contribution in [2.24, 2.45) is 0 Å². The zero-order valence-corrected chi connectivity index (χ0v) is 17.0. The largest absolute Gasteiger partial charge is 0.489 e. The van der Waals surface area contributed by atoms with Crippen LogP contribution >= 0.6 is 11.6 Å². The summed E-state index contributed by atoms with van der Waals surface area (Å²) in [5.74, 6) is -0.343. The number of nitrogens with zero attached hydrogens (tertiary/aromatic N) is 4. The number of ether oxygens (including phenoxy) is 2. The number of nitro groups is 1. The molecule has 3 aromatic rings. The zero-order valence-electron chi connectivity index (χ0n) is 16.3. The number of furan rings is 1. The van der Waals surface area contributed by atoms with Gasteiger partial charge in [0.05, 0.1) is 24.8 Å². The number of halogens is 2. The molecule has 31 heavy (non-hydrogen) atoms. The highest BCUT2D eigenvalue weighted by Crippen LogP contribution is 2.28. The molecule has 1 aliphatic heterocycles. The second kappa shape index (κ2) is 9.38. The molecule has 0 atom stereocenters. The van der Waals surface area contributed by atoms with Crippen molar-refractivity contribution in [2.45, 2.75) is 0 Å². The Labute approximate surface area is 181 Å². The third-order valence-electron chi connectivity index (χ3n) is 4.68. The molecular weight excluding hydrogens is 431 g/mol. The maximum atomic E-state index is 14.4. The normalized spacial score (nSPS) is 15.0. The first kappa shape index (κ1) is 21.2. The van der Waals surface area contributed by atoms with E-state index in [0.29, 0.717) is 37.3 Å². The van der Waals surface area contributed by atoms with Crippen molar-refractivity contribution in [2.75, 3.05) is 39.5 Å². The topological polar surface area (TPSA) is 104 Å². The summed E-state index contributed by atoms with van der Waals surface area (Å²) in [6.07, 6.45) is 2.98. The molecule has 2 aromatic heterocycles. The fourth-order valence-electron chi connectivity index (χ4n) is 3.09. The number of rotatable bonds is 7. The van der Waals surface area contributed by atoms with Gasteiger partial charge in [-0.2, -0.15) is 0 Å². The highest BCUT2D eigenvalue weighted by atomic mass is 35.5. The Bertz CT molecular complexity index is 1130. The molecule has 0 radical (unpaired) electrons. The molecule has 1 saturated heterocycles. The van der Waals surface area contributed by atoms with Gasteiger partial charge in [-0.15, -0.1) is 0 Å². The van der Waals surface area contributed by atoms with E-state index in [0.717, 1.165) is 13.1 Å². The minimum absolute atomic E-state index is 0.0760. The monoisotopic (exact) mass is 448 g/mol. The highest BCUT2D eigenvalue weighted by molar-refractivity contribution is 6.34. The first-order chi connectivity index (χ1) is 15.0. The van der Waals surface area contributed by atoms with Crippen LogP contribution in [0.3, 0.4) is 0 Å². The molecule has 1 fully saturated rings. The van der Waals surface area contributed by atoms with Crippen molar-refractivity contribution in [1.29, 1.82) is 0 Å². The fourth-order valence-corrected chi connectivity index (χ4v) is 3.33. The lowest BCUT2D eigenvalue weighted by Gasteiger charge is -2.26. The molecule has 0 saturated carbocycles. The first-order valence-electron chi connectivity index (χ1n) is 9.51. The number of benzene rings is 1. The molecule has 9 nitrogen and oxygen atoms in total. The third kappa shape index (κ3) is 5.16. The van der Waals surface area contributed by atoms with Gasteiger partial charge in [-0.05, 0) is 24.3 Å². The Morgan fingerprint density at radius 2 is 2.06 bits per heavy atom. The number of fused-ring (bicyclic) bond motifs is 1. The second-order valence-corrected chi connectivity index (χ2v) is 7.10. The van der Waals surface area contributed by atoms with Crippen molar-refractivity contribution in [1.82, 2.24) is 14.9 Å². The summed E-state index contributed by atoms with van der Waals surface area (Å²) < 4.78 is 30.4. The Kier molecular flexibility index (Phi) is 6.40. The van der Waals surface area contributed by atoms with Crippen molar-refractivity contribution in [3.05, 3.63) is 56.9 Å². The van der Waals surface area contributed by atoms with Crippen LogP contribution in [-0.2, 0) is 4.74 Å². The minimum atomic E-state index is -0.629. The first-order valence-corrected chi connectivity index (χ1v) is 9.89. The van der Waals surface area contributed by atoms with E-state index in [9.17, 15) is 14.5 Å². The Morgan fingerprint density at radius 1 is 1.26 bits per heavy atom. The van der Waals surface area contributed by atoms with Crippen LogP contribution in [0.4, 0.5) is 10.3 Å². The van der Waals surface area contributed by atoms with E-state index in [4.69, 9.17) is 25.5 Å². The van der Waals surface area contributed by atoms with E-state index in [2.05, 4.69) is 14.9 Å². The lowest BCUT2D eigenvalue weighted by molar-refractivity contribution is -0.402. The summed E-state index contributed by atoms with van der Waals surface area (Å²) in [4.78, 5) is 20.7. The van der Waals surface area contributed by atoms with Crippen molar-refractivity contribution in [3.8, 4) is 5.75 Å². The van der Waals surface area contributed by atoms with Gasteiger partial charge in [-0.25, -0.2) is 14.4 Å². The summed E-state index contributed by atoms with van der Waals surface area (Å²) in [7, 11) is 0. The molecule has 3 heterocycles. The van der Waals surface area contributed by atoms with Crippen LogP contribution in [0.2, 0.25) is 5.15 Å². The lowest BCUT2D eigenvalue weighted by Crippen LogP contribution is -2.38. The Morgan fingerprint density at radius 3 is 2.81 bits per heavy atom. The van der Waals surface area contributed by atoms with E-state index in [1.54, 1.807) is 0 Å². The molecule has 1 aliphatic rings.